The van der Waals surface area contributed by atoms with Crippen LogP contribution in [0.3, 0.4) is 0 Å². The molecule has 1 fully saturated rings. The number of hydrogen-bond acceptors (Lipinski definition) is 3. The summed E-state index contributed by atoms with van der Waals surface area (Å²) in [6.07, 6.45) is 5.65. The van der Waals surface area contributed by atoms with Crippen molar-refractivity contribution in [2.24, 2.45) is 0 Å². The highest BCUT2D eigenvalue weighted by molar-refractivity contribution is 7.12. The molecule has 2 nitrogen and oxygen atoms in total. The van der Waals surface area contributed by atoms with Crippen LogP contribution in [0, 0.1) is 0 Å². The average molecular weight is 295 g/mol. The van der Waals surface area contributed by atoms with Gasteiger partial charge in [-0.15, -0.1) is 11.3 Å². The van der Waals surface area contributed by atoms with Gasteiger partial charge in [0.2, 0.25) is 0 Å². The van der Waals surface area contributed by atoms with Gasteiger partial charge in [-0.2, -0.15) is 0 Å². The van der Waals surface area contributed by atoms with E-state index >= 15 is 0 Å². The zero-order chi connectivity index (χ0) is 14.6. The number of thiophene rings is 1. The lowest BCUT2D eigenvalue weighted by Crippen LogP contribution is -2.35. The Morgan fingerprint density at radius 1 is 1.25 bits per heavy atom. The molecule has 0 saturated heterocycles. The van der Waals surface area contributed by atoms with E-state index in [0.717, 1.165) is 19.1 Å². The minimum Gasteiger partial charge on any atom is -0.311 e. The Bertz CT molecular complexity index is 399. The van der Waals surface area contributed by atoms with Gasteiger partial charge in [0.05, 0.1) is 0 Å². The van der Waals surface area contributed by atoms with Gasteiger partial charge < -0.3 is 10.2 Å². The second kappa shape index (κ2) is 7.06. The maximum Gasteiger partial charge on any atom is 0.0300 e. The quantitative estimate of drug-likeness (QED) is 0.798. The van der Waals surface area contributed by atoms with E-state index < -0.39 is 0 Å². The van der Waals surface area contributed by atoms with Crippen molar-refractivity contribution in [2.75, 3.05) is 20.1 Å². The van der Waals surface area contributed by atoms with Crippen molar-refractivity contribution < 1.29 is 0 Å². The van der Waals surface area contributed by atoms with Gasteiger partial charge in [-0.25, -0.2) is 0 Å². The number of likely N-dealkylation sites (N-methyl/N-ethyl adjacent to an activating group) is 1. The molecule has 0 radical (unpaired) electrons. The first kappa shape index (κ1) is 16.0. The summed E-state index contributed by atoms with van der Waals surface area (Å²) in [5, 5.41) is 3.59. The maximum absolute atomic E-state index is 3.59. The summed E-state index contributed by atoms with van der Waals surface area (Å²) in [5.41, 5.74) is 0.283. The Kier molecular flexibility index (Phi) is 5.65. The molecule has 0 unspecified atom stereocenters. The Hall–Kier alpha value is -0.380. The van der Waals surface area contributed by atoms with Crippen molar-refractivity contribution in [1.29, 1.82) is 0 Å². The normalized spacial score (nSPS) is 17.2. The summed E-state index contributed by atoms with van der Waals surface area (Å²) in [6.45, 7) is 10.1. The molecule has 0 atom stereocenters. The van der Waals surface area contributed by atoms with Crippen LogP contribution in [-0.4, -0.2) is 31.1 Å². The minimum atomic E-state index is 0.283. The lowest BCUT2D eigenvalue weighted by molar-refractivity contribution is 0.245. The van der Waals surface area contributed by atoms with E-state index in [9.17, 15) is 0 Å². The summed E-state index contributed by atoms with van der Waals surface area (Å²) >= 11 is 1.95. The molecule has 0 spiro atoms. The summed E-state index contributed by atoms with van der Waals surface area (Å²) in [4.78, 5) is 5.48. The molecule has 20 heavy (non-hydrogen) atoms. The van der Waals surface area contributed by atoms with E-state index in [-0.39, 0.29) is 5.41 Å². The highest BCUT2D eigenvalue weighted by Gasteiger charge is 2.19. The Morgan fingerprint density at radius 2 is 1.95 bits per heavy atom. The van der Waals surface area contributed by atoms with Gasteiger partial charge in [-0.1, -0.05) is 33.6 Å². The van der Waals surface area contributed by atoms with E-state index in [1.54, 1.807) is 0 Å². The molecule has 0 aromatic carbocycles. The van der Waals surface area contributed by atoms with Gasteiger partial charge in [0.25, 0.3) is 0 Å². The van der Waals surface area contributed by atoms with Crippen molar-refractivity contribution in [3.05, 3.63) is 21.9 Å². The van der Waals surface area contributed by atoms with Crippen LogP contribution in [0.5, 0.6) is 0 Å². The van der Waals surface area contributed by atoms with E-state index in [0.29, 0.717) is 0 Å². The Morgan fingerprint density at radius 3 is 2.55 bits per heavy atom. The molecule has 0 amide bonds. The second-order valence-electron chi connectivity index (χ2n) is 7.11. The van der Waals surface area contributed by atoms with Crippen molar-refractivity contribution in [3.8, 4) is 0 Å². The first-order chi connectivity index (χ1) is 9.47. The monoisotopic (exact) mass is 294 g/mol. The maximum atomic E-state index is 3.59. The Balaban J connectivity index is 1.67. The molecule has 2 rings (SSSR count). The topological polar surface area (TPSA) is 15.3 Å². The van der Waals surface area contributed by atoms with Gasteiger partial charge in [0, 0.05) is 35.4 Å². The van der Waals surface area contributed by atoms with Crippen LogP contribution in [0.4, 0.5) is 0 Å². The van der Waals surface area contributed by atoms with Crippen LogP contribution in [-0.2, 0) is 12.0 Å². The molecule has 1 aliphatic carbocycles. The highest BCUT2D eigenvalue weighted by atomic mass is 32.1. The zero-order valence-electron chi connectivity index (χ0n) is 13.5. The summed E-state index contributed by atoms with van der Waals surface area (Å²) in [7, 11) is 2.28. The van der Waals surface area contributed by atoms with Crippen molar-refractivity contribution in [1.82, 2.24) is 10.2 Å². The summed E-state index contributed by atoms with van der Waals surface area (Å²) in [6, 6.07) is 5.40. The van der Waals surface area contributed by atoms with E-state index in [1.165, 1.54) is 42.0 Å². The first-order valence-corrected chi connectivity index (χ1v) is 8.78. The molecule has 0 bridgehead atoms. The van der Waals surface area contributed by atoms with Crippen molar-refractivity contribution in [3.63, 3.8) is 0 Å². The standard InChI is InChI=1S/C17H30N2S/c1-17(2,3)16-10-9-15(20-16)13-18-11-12-19(4)14-7-5-6-8-14/h9-10,14,18H,5-8,11-13H2,1-4H3. The molecule has 3 heteroatoms. The molecule has 1 aliphatic rings. The lowest BCUT2D eigenvalue weighted by atomic mass is 9.95. The third kappa shape index (κ3) is 4.57. The molecule has 1 aromatic rings. The fraction of sp³-hybridized carbons (Fsp3) is 0.765. The van der Waals surface area contributed by atoms with E-state index in [2.05, 4.69) is 50.2 Å². The number of rotatable bonds is 6. The lowest BCUT2D eigenvalue weighted by Gasteiger charge is -2.23. The molecule has 114 valence electrons. The molecular weight excluding hydrogens is 264 g/mol. The van der Waals surface area contributed by atoms with Crippen LogP contribution in [0.1, 0.15) is 56.2 Å². The highest BCUT2D eigenvalue weighted by Crippen LogP contribution is 2.29. The van der Waals surface area contributed by atoms with E-state index in [1.807, 2.05) is 11.3 Å². The van der Waals surface area contributed by atoms with Gasteiger partial charge >= 0.3 is 0 Å². The predicted molar refractivity (Wildman–Crippen MR) is 89.6 cm³/mol. The van der Waals surface area contributed by atoms with Gasteiger partial charge in [-0.05, 0) is 37.4 Å². The predicted octanol–water partition coefficient (Wildman–Crippen LogP) is 4.01. The SMILES string of the molecule is CN(CCNCc1ccc(C(C)(C)C)s1)C1CCCC1. The van der Waals surface area contributed by atoms with Gasteiger partial charge in [0.1, 0.15) is 0 Å². The fourth-order valence-electron chi connectivity index (χ4n) is 2.87. The van der Waals surface area contributed by atoms with E-state index in [4.69, 9.17) is 0 Å². The molecule has 1 N–H and O–H groups in total. The minimum absolute atomic E-state index is 0.283. The van der Waals surface area contributed by atoms with Crippen molar-refractivity contribution >= 4 is 11.3 Å². The largest absolute Gasteiger partial charge is 0.311 e. The first-order valence-electron chi connectivity index (χ1n) is 7.97. The van der Waals surface area contributed by atoms with Crippen LogP contribution < -0.4 is 5.32 Å². The third-order valence-corrected chi connectivity index (χ3v) is 5.80. The summed E-state index contributed by atoms with van der Waals surface area (Å²) in [5.74, 6) is 0. The zero-order valence-corrected chi connectivity index (χ0v) is 14.4. The van der Waals surface area contributed by atoms with Gasteiger partial charge in [0.15, 0.2) is 0 Å². The van der Waals surface area contributed by atoms with Crippen LogP contribution in [0.15, 0.2) is 12.1 Å². The Labute approximate surface area is 128 Å². The molecule has 1 saturated carbocycles. The van der Waals surface area contributed by atoms with Crippen molar-refractivity contribution in [2.45, 2.75) is 64.5 Å². The number of nitrogens with one attached hydrogen (secondary N) is 1. The van der Waals surface area contributed by atoms with Crippen LogP contribution in [0.2, 0.25) is 0 Å². The smallest absolute Gasteiger partial charge is 0.0300 e. The number of nitrogens with zero attached hydrogens (tertiary/aromatic N) is 1. The summed E-state index contributed by atoms with van der Waals surface area (Å²) < 4.78 is 0. The van der Waals surface area contributed by atoms with Crippen LogP contribution in [0.25, 0.3) is 0 Å². The fourth-order valence-corrected chi connectivity index (χ4v) is 3.91. The average Bonchev–Trinajstić information content (AvgIpc) is 3.04. The third-order valence-electron chi connectivity index (χ3n) is 4.29. The number of hydrogen-bond donors (Lipinski definition) is 1. The molecule has 1 heterocycles. The molecular formula is C17H30N2S. The second-order valence-corrected chi connectivity index (χ2v) is 8.28. The van der Waals surface area contributed by atoms with Crippen LogP contribution >= 0.6 is 11.3 Å². The van der Waals surface area contributed by atoms with Gasteiger partial charge in [-0.3, -0.25) is 0 Å². The molecule has 0 aliphatic heterocycles. The molecule has 1 aromatic heterocycles.